The molecule has 106 valence electrons. The SMILES string of the molecule is CC(C)(C)CC(=O)NC1CCC(C(F)(F)F)NC1. The average Bonchev–Trinajstić information content (AvgIpc) is 2.13. The Morgan fingerprint density at radius 1 is 1.28 bits per heavy atom. The zero-order valence-corrected chi connectivity index (χ0v) is 11.0. The minimum atomic E-state index is -4.19. The third kappa shape index (κ3) is 5.25. The normalized spacial score (nSPS) is 25.9. The summed E-state index contributed by atoms with van der Waals surface area (Å²) in [6.07, 6.45) is -3.43. The van der Waals surface area contributed by atoms with Gasteiger partial charge in [0.1, 0.15) is 6.04 Å². The van der Waals surface area contributed by atoms with Crippen LogP contribution in [0.4, 0.5) is 13.2 Å². The number of alkyl halides is 3. The maximum atomic E-state index is 12.4. The first kappa shape index (κ1) is 15.3. The van der Waals surface area contributed by atoms with E-state index < -0.39 is 12.2 Å². The Labute approximate surface area is 106 Å². The lowest BCUT2D eigenvalue weighted by atomic mass is 9.91. The molecule has 1 rings (SSSR count). The highest BCUT2D eigenvalue weighted by atomic mass is 19.4. The predicted octanol–water partition coefficient (Wildman–Crippen LogP) is 2.22. The molecule has 3 nitrogen and oxygen atoms in total. The first-order valence-electron chi connectivity index (χ1n) is 6.17. The molecule has 1 amide bonds. The fourth-order valence-corrected chi connectivity index (χ4v) is 2.02. The summed E-state index contributed by atoms with van der Waals surface area (Å²) in [4.78, 5) is 11.6. The Kier molecular flexibility index (Phi) is 4.64. The minimum Gasteiger partial charge on any atom is -0.352 e. The summed E-state index contributed by atoms with van der Waals surface area (Å²) in [6.45, 7) is 6.03. The molecule has 1 aliphatic rings. The molecule has 1 heterocycles. The van der Waals surface area contributed by atoms with Crippen LogP contribution in [0.15, 0.2) is 0 Å². The lowest BCUT2D eigenvalue weighted by molar-refractivity contribution is -0.161. The van der Waals surface area contributed by atoms with Gasteiger partial charge < -0.3 is 10.6 Å². The van der Waals surface area contributed by atoms with Crippen molar-refractivity contribution in [2.24, 2.45) is 5.41 Å². The second kappa shape index (κ2) is 5.47. The van der Waals surface area contributed by atoms with Crippen LogP contribution >= 0.6 is 0 Å². The van der Waals surface area contributed by atoms with Gasteiger partial charge in [0.05, 0.1) is 0 Å². The molecule has 0 aromatic rings. The van der Waals surface area contributed by atoms with E-state index in [9.17, 15) is 18.0 Å². The topological polar surface area (TPSA) is 41.1 Å². The summed E-state index contributed by atoms with van der Waals surface area (Å²) in [5, 5.41) is 5.22. The highest BCUT2D eigenvalue weighted by molar-refractivity contribution is 5.76. The van der Waals surface area contributed by atoms with Crippen molar-refractivity contribution in [3.8, 4) is 0 Å². The molecule has 2 N–H and O–H groups in total. The Morgan fingerprint density at radius 3 is 2.28 bits per heavy atom. The summed E-state index contributed by atoms with van der Waals surface area (Å²) < 4.78 is 37.2. The number of carbonyl (C=O) groups excluding carboxylic acids is 1. The zero-order chi connectivity index (χ0) is 14.0. The standard InChI is InChI=1S/C12H21F3N2O/c1-11(2,3)6-10(18)17-8-4-5-9(16-7-8)12(13,14)15/h8-9,16H,4-7H2,1-3H3,(H,17,18). The van der Waals surface area contributed by atoms with E-state index in [1.807, 2.05) is 20.8 Å². The summed E-state index contributed by atoms with van der Waals surface area (Å²) in [7, 11) is 0. The molecule has 0 saturated carbocycles. The molecule has 0 aromatic carbocycles. The highest BCUT2D eigenvalue weighted by Crippen LogP contribution is 2.26. The Morgan fingerprint density at radius 2 is 1.89 bits per heavy atom. The maximum absolute atomic E-state index is 12.4. The molecule has 0 bridgehead atoms. The quantitative estimate of drug-likeness (QED) is 0.804. The van der Waals surface area contributed by atoms with Gasteiger partial charge in [-0.3, -0.25) is 4.79 Å². The fourth-order valence-electron chi connectivity index (χ4n) is 2.02. The Bertz CT molecular complexity index is 289. The van der Waals surface area contributed by atoms with E-state index in [1.165, 1.54) is 0 Å². The monoisotopic (exact) mass is 266 g/mol. The van der Waals surface area contributed by atoms with Crippen molar-refractivity contribution in [3.63, 3.8) is 0 Å². The third-order valence-electron chi connectivity index (χ3n) is 2.87. The van der Waals surface area contributed by atoms with Gasteiger partial charge >= 0.3 is 6.18 Å². The van der Waals surface area contributed by atoms with Crippen LogP contribution < -0.4 is 10.6 Å². The van der Waals surface area contributed by atoms with Gasteiger partial charge in [0.2, 0.25) is 5.91 Å². The van der Waals surface area contributed by atoms with E-state index in [1.54, 1.807) is 0 Å². The van der Waals surface area contributed by atoms with Crippen LogP contribution in [0.1, 0.15) is 40.0 Å². The lowest BCUT2D eigenvalue weighted by Gasteiger charge is -2.32. The molecule has 1 aliphatic heterocycles. The molecular weight excluding hydrogens is 245 g/mol. The lowest BCUT2D eigenvalue weighted by Crippen LogP contribution is -2.54. The molecule has 18 heavy (non-hydrogen) atoms. The molecular formula is C12H21F3N2O. The van der Waals surface area contributed by atoms with Crippen LogP contribution in [0.2, 0.25) is 0 Å². The van der Waals surface area contributed by atoms with E-state index in [2.05, 4.69) is 10.6 Å². The molecule has 6 heteroatoms. The molecule has 2 atom stereocenters. The number of hydrogen-bond donors (Lipinski definition) is 2. The molecule has 0 aromatic heterocycles. The van der Waals surface area contributed by atoms with Crippen molar-refractivity contribution < 1.29 is 18.0 Å². The van der Waals surface area contributed by atoms with E-state index in [0.717, 1.165) is 0 Å². The smallest absolute Gasteiger partial charge is 0.352 e. The van der Waals surface area contributed by atoms with Crippen molar-refractivity contribution in [2.75, 3.05) is 6.54 Å². The maximum Gasteiger partial charge on any atom is 0.403 e. The van der Waals surface area contributed by atoms with Crippen molar-refractivity contribution in [3.05, 3.63) is 0 Å². The zero-order valence-electron chi connectivity index (χ0n) is 11.0. The van der Waals surface area contributed by atoms with Crippen LogP contribution in [-0.2, 0) is 4.79 Å². The molecule has 1 saturated heterocycles. The summed E-state index contributed by atoms with van der Waals surface area (Å²) in [6, 6.07) is -1.63. The van der Waals surface area contributed by atoms with Gasteiger partial charge in [-0.25, -0.2) is 0 Å². The van der Waals surface area contributed by atoms with E-state index in [0.29, 0.717) is 12.8 Å². The predicted molar refractivity (Wildman–Crippen MR) is 63.1 cm³/mol. The van der Waals surface area contributed by atoms with Crippen LogP contribution in [0.25, 0.3) is 0 Å². The second-order valence-corrected chi connectivity index (χ2v) is 6.08. The molecule has 2 unspecified atom stereocenters. The number of halogens is 3. The van der Waals surface area contributed by atoms with Gasteiger partial charge in [-0.1, -0.05) is 20.8 Å². The highest BCUT2D eigenvalue weighted by Gasteiger charge is 2.41. The van der Waals surface area contributed by atoms with Gasteiger partial charge in [-0.2, -0.15) is 13.2 Å². The first-order chi connectivity index (χ1) is 8.08. The largest absolute Gasteiger partial charge is 0.403 e. The minimum absolute atomic E-state index is 0.0178. The average molecular weight is 266 g/mol. The Hall–Kier alpha value is -0.780. The van der Waals surface area contributed by atoms with Crippen LogP contribution in [0, 0.1) is 5.41 Å². The third-order valence-corrected chi connectivity index (χ3v) is 2.87. The fraction of sp³-hybridized carbons (Fsp3) is 0.917. The van der Waals surface area contributed by atoms with Crippen LogP contribution in [0.3, 0.4) is 0 Å². The molecule has 1 fully saturated rings. The van der Waals surface area contributed by atoms with Gasteiger partial charge in [-0.05, 0) is 18.3 Å². The molecule has 0 aliphatic carbocycles. The number of rotatable bonds is 2. The number of piperidine rings is 1. The van der Waals surface area contributed by atoms with Crippen molar-refractivity contribution in [1.29, 1.82) is 0 Å². The summed E-state index contributed by atoms with van der Waals surface area (Å²) in [5.41, 5.74) is -0.110. The number of amides is 1. The van der Waals surface area contributed by atoms with Gasteiger partial charge in [0, 0.05) is 19.0 Å². The summed E-state index contributed by atoms with van der Waals surface area (Å²) in [5.74, 6) is -0.0974. The van der Waals surface area contributed by atoms with E-state index >= 15 is 0 Å². The van der Waals surface area contributed by atoms with Gasteiger partial charge in [0.15, 0.2) is 0 Å². The van der Waals surface area contributed by atoms with Gasteiger partial charge in [0.25, 0.3) is 0 Å². The van der Waals surface area contributed by atoms with Crippen LogP contribution in [-0.4, -0.2) is 30.7 Å². The second-order valence-electron chi connectivity index (χ2n) is 6.08. The first-order valence-corrected chi connectivity index (χ1v) is 6.17. The van der Waals surface area contributed by atoms with Gasteiger partial charge in [-0.15, -0.1) is 0 Å². The van der Waals surface area contributed by atoms with Crippen molar-refractivity contribution >= 4 is 5.91 Å². The number of hydrogen-bond acceptors (Lipinski definition) is 2. The van der Waals surface area contributed by atoms with Crippen molar-refractivity contribution in [2.45, 2.75) is 58.3 Å². The Balaban J connectivity index is 2.34. The number of carbonyl (C=O) groups is 1. The van der Waals surface area contributed by atoms with E-state index in [-0.39, 0.29) is 30.3 Å². The van der Waals surface area contributed by atoms with E-state index in [4.69, 9.17) is 0 Å². The summed E-state index contributed by atoms with van der Waals surface area (Å²) >= 11 is 0. The molecule has 0 spiro atoms. The number of nitrogens with one attached hydrogen (secondary N) is 2. The van der Waals surface area contributed by atoms with Crippen molar-refractivity contribution in [1.82, 2.24) is 10.6 Å². The molecule has 0 radical (unpaired) electrons. The van der Waals surface area contributed by atoms with Crippen LogP contribution in [0.5, 0.6) is 0 Å².